The van der Waals surface area contributed by atoms with Crippen molar-refractivity contribution in [2.24, 2.45) is 0 Å². The Labute approximate surface area is 156 Å². The molecule has 2 aromatic heterocycles. The molecule has 4 rings (SSSR count). The molecule has 1 N–H and O–H groups in total. The summed E-state index contributed by atoms with van der Waals surface area (Å²) in [4.78, 5) is 0.112. The van der Waals surface area contributed by atoms with Crippen molar-refractivity contribution >= 4 is 21.0 Å². The highest BCUT2D eigenvalue weighted by molar-refractivity contribution is 7.90. The van der Waals surface area contributed by atoms with E-state index in [9.17, 15) is 12.8 Å². The lowest BCUT2D eigenvalue weighted by molar-refractivity contribution is 0.587. The first-order chi connectivity index (χ1) is 13.0. The van der Waals surface area contributed by atoms with Crippen molar-refractivity contribution < 1.29 is 17.2 Å². The predicted molar refractivity (Wildman–Crippen MR) is 101 cm³/mol. The van der Waals surface area contributed by atoms with Gasteiger partial charge in [-0.3, -0.25) is 0 Å². The van der Waals surface area contributed by atoms with Crippen LogP contribution in [0.5, 0.6) is 0 Å². The second-order valence-electron chi connectivity index (χ2n) is 6.16. The van der Waals surface area contributed by atoms with Gasteiger partial charge in [-0.05, 0) is 55.1 Å². The van der Waals surface area contributed by atoms with E-state index in [4.69, 9.17) is 4.42 Å². The molecule has 0 saturated carbocycles. The minimum absolute atomic E-state index is 0.112. The lowest BCUT2D eigenvalue weighted by atomic mass is 10.1. The average molecular weight is 384 g/mol. The van der Waals surface area contributed by atoms with Crippen LogP contribution in [0.15, 0.2) is 76.4 Å². The molecule has 0 spiro atoms. The molecule has 0 atom stereocenters. The minimum atomic E-state index is -3.92. The Bertz CT molecular complexity index is 1220. The number of nitrogens with zero attached hydrogens (tertiary/aromatic N) is 1. The standard InChI is InChI=1S/C20H17FN2O3S/c1-22-12-14-10-19(17-4-2-3-5-18(17)21)23(13-14)27(24,25)16-6-7-20-15(11-16)8-9-26-20/h2-11,13,22H,12H2,1H3. The highest BCUT2D eigenvalue weighted by Gasteiger charge is 2.23. The van der Waals surface area contributed by atoms with Crippen LogP contribution >= 0.6 is 0 Å². The summed E-state index contributed by atoms with van der Waals surface area (Å²) in [5, 5.41) is 3.67. The number of fused-ring (bicyclic) bond motifs is 1. The normalized spacial score (nSPS) is 11.9. The highest BCUT2D eigenvalue weighted by Crippen LogP contribution is 2.30. The van der Waals surface area contributed by atoms with Crippen LogP contribution in [-0.2, 0) is 16.6 Å². The van der Waals surface area contributed by atoms with Crippen LogP contribution in [0.25, 0.3) is 22.2 Å². The van der Waals surface area contributed by atoms with Crippen LogP contribution < -0.4 is 5.32 Å². The monoisotopic (exact) mass is 384 g/mol. The highest BCUT2D eigenvalue weighted by atomic mass is 32.2. The topological polar surface area (TPSA) is 64.2 Å². The maximum absolute atomic E-state index is 14.4. The van der Waals surface area contributed by atoms with E-state index in [2.05, 4.69) is 5.32 Å². The molecule has 5 nitrogen and oxygen atoms in total. The smallest absolute Gasteiger partial charge is 0.268 e. The van der Waals surface area contributed by atoms with Crippen molar-refractivity contribution in [3.05, 3.63) is 78.4 Å². The van der Waals surface area contributed by atoms with Gasteiger partial charge in [-0.25, -0.2) is 16.8 Å². The Morgan fingerprint density at radius 1 is 1.11 bits per heavy atom. The fourth-order valence-corrected chi connectivity index (χ4v) is 4.51. The third-order valence-corrected chi connectivity index (χ3v) is 6.02. The Morgan fingerprint density at radius 2 is 1.93 bits per heavy atom. The summed E-state index contributed by atoms with van der Waals surface area (Å²) in [5.41, 5.74) is 1.86. The van der Waals surface area contributed by atoms with E-state index >= 15 is 0 Å². The fourth-order valence-electron chi connectivity index (χ4n) is 3.08. The number of nitrogens with one attached hydrogen (secondary N) is 1. The molecule has 0 aliphatic carbocycles. The quantitative estimate of drug-likeness (QED) is 0.565. The van der Waals surface area contributed by atoms with Gasteiger partial charge in [0.15, 0.2) is 0 Å². The molecular weight excluding hydrogens is 367 g/mol. The Hall–Kier alpha value is -2.90. The summed E-state index contributed by atoms with van der Waals surface area (Å²) >= 11 is 0. The number of rotatable bonds is 5. The van der Waals surface area contributed by atoms with E-state index in [1.54, 1.807) is 49.5 Å². The van der Waals surface area contributed by atoms with Gasteiger partial charge in [0, 0.05) is 23.7 Å². The number of furan rings is 1. The number of hydrogen-bond donors (Lipinski definition) is 1. The van der Waals surface area contributed by atoms with Crippen LogP contribution in [-0.4, -0.2) is 19.4 Å². The van der Waals surface area contributed by atoms with E-state index in [-0.39, 0.29) is 16.2 Å². The molecule has 0 aliphatic rings. The molecule has 27 heavy (non-hydrogen) atoms. The first-order valence-corrected chi connectivity index (χ1v) is 9.78. The number of hydrogen-bond acceptors (Lipinski definition) is 4. The molecule has 0 saturated heterocycles. The van der Waals surface area contributed by atoms with Gasteiger partial charge in [0.25, 0.3) is 10.0 Å². The number of benzene rings is 2. The average Bonchev–Trinajstić information content (AvgIpc) is 3.29. The van der Waals surface area contributed by atoms with Gasteiger partial charge in [-0.15, -0.1) is 0 Å². The molecule has 0 radical (unpaired) electrons. The SMILES string of the molecule is CNCc1cc(-c2ccccc2F)n(S(=O)(=O)c2ccc3occc3c2)c1. The van der Waals surface area contributed by atoms with Gasteiger partial charge in [-0.1, -0.05) is 12.1 Å². The van der Waals surface area contributed by atoms with E-state index < -0.39 is 15.8 Å². The zero-order valence-electron chi connectivity index (χ0n) is 14.5. The van der Waals surface area contributed by atoms with Crippen LogP contribution in [0, 0.1) is 5.82 Å². The van der Waals surface area contributed by atoms with Crippen LogP contribution in [0.3, 0.4) is 0 Å². The number of halogens is 1. The van der Waals surface area contributed by atoms with Gasteiger partial charge < -0.3 is 9.73 Å². The molecule has 4 aromatic rings. The van der Waals surface area contributed by atoms with Crippen molar-refractivity contribution in [1.82, 2.24) is 9.29 Å². The lowest BCUT2D eigenvalue weighted by Crippen LogP contribution is -2.13. The van der Waals surface area contributed by atoms with Crippen LogP contribution in [0.1, 0.15) is 5.56 Å². The Morgan fingerprint density at radius 3 is 2.70 bits per heavy atom. The van der Waals surface area contributed by atoms with Crippen LogP contribution in [0.4, 0.5) is 4.39 Å². The maximum Gasteiger partial charge on any atom is 0.268 e. The summed E-state index contributed by atoms with van der Waals surface area (Å²) in [6, 6.07) is 14.2. The molecular formula is C20H17FN2O3S. The van der Waals surface area contributed by atoms with E-state index in [0.717, 1.165) is 9.54 Å². The number of aromatic nitrogens is 1. The first kappa shape index (κ1) is 17.5. The van der Waals surface area contributed by atoms with E-state index in [1.165, 1.54) is 24.6 Å². The van der Waals surface area contributed by atoms with Gasteiger partial charge in [0.1, 0.15) is 11.4 Å². The molecule has 0 unspecified atom stereocenters. The molecule has 0 aliphatic heterocycles. The third-order valence-electron chi connectivity index (χ3n) is 4.35. The van der Waals surface area contributed by atoms with Crippen LogP contribution in [0.2, 0.25) is 0 Å². The molecule has 2 aromatic carbocycles. The van der Waals surface area contributed by atoms with Crippen molar-refractivity contribution in [3.8, 4) is 11.3 Å². The predicted octanol–water partition coefficient (Wildman–Crippen LogP) is 4.00. The van der Waals surface area contributed by atoms with Crippen molar-refractivity contribution in [1.29, 1.82) is 0 Å². The Balaban J connectivity index is 1.92. The van der Waals surface area contributed by atoms with E-state index in [0.29, 0.717) is 17.5 Å². The largest absolute Gasteiger partial charge is 0.464 e. The zero-order valence-corrected chi connectivity index (χ0v) is 15.3. The molecule has 138 valence electrons. The molecule has 2 heterocycles. The zero-order chi connectivity index (χ0) is 19.0. The summed E-state index contributed by atoms with van der Waals surface area (Å²) in [6.45, 7) is 0.463. The van der Waals surface area contributed by atoms with Gasteiger partial charge in [0.2, 0.25) is 0 Å². The third kappa shape index (κ3) is 3.05. The fraction of sp³-hybridized carbons (Fsp3) is 0.100. The maximum atomic E-state index is 14.4. The van der Waals surface area contributed by atoms with Gasteiger partial charge in [-0.2, -0.15) is 0 Å². The van der Waals surface area contributed by atoms with Gasteiger partial charge in [0.05, 0.1) is 16.9 Å². The molecule has 0 fully saturated rings. The molecule has 0 amide bonds. The lowest BCUT2D eigenvalue weighted by Gasteiger charge is -2.11. The summed E-state index contributed by atoms with van der Waals surface area (Å²) < 4.78 is 47.4. The second kappa shape index (κ2) is 6.68. The van der Waals surface area contributed by atoms with Crippen molar-refractivity contribution in [3.63, 3.8) is 0 Å². The van der Waals surface area contributed by atoms with Gasteiger partial charge >= 0.3 is 0 Å². The Kier molecular flexibility index (Phi) is 4.33. The summed E-state index contributed by atoms with van der Waals surface area (Å²) in [7, 11) is -2.16. The first-order valence-electron chi connectivity index (χ1n) is 8.34. The van der Waals surface area contributed by atoms with Crippen molar-refractivity contribution in [2.75, 3.05) is 7.05 Å². The molecule has 0 bridgehead atoms. The molecule has 7 heteroatoms. The second-order valence-corrected chi connectivity index (χ2v) is 7.98. The van der Waals surface area contributed by atoms with Crippen molar-refractivity contribution in [2.45, 2.75) is 11.4 Å². The summed E-state index contributed by atoms with van der Waals surface area (Å²) in [6.07, 6.45) is 3.03. The minimum Gasteiger partial charge on any atom is -0.464 e. The van der Waals surface area contributed by atoms with E-state index in [1.807, 2.05) is 0 Å². The summed E-state index contributed by atoms with van der Waals surface area (Å²) in [5.74, 6) is -0.478.